The highest BCUT2D eigenvalue weighted by atomic mass is 19.1. The van der Waals surface area contributed by atoms with Crippen LogP contribution in [-0.4, -0.2) is 16.8 Å². The number of aromatic amines is 1. The molecule has 4 nitrogen and oxygen atoms in total. The summed E-state index contributed by atoms with van der Waals surface area (Å²) in [6.45, 7) is 6.81. The van der Waals surface area contributed by atoms with Gasteiger partial charge in [-0.2, -0.15) is 5.10 Å². The number of halogens is 1. The van der Waals surface area contributed by atoms with E-state index in [1.807, 2.05) is 20.8 Å². The molecule has 102 valence electrons. The normalized spacial score (nSPS) is 10.5. The maximum Gasteiger partial charge on any atom is 0.167 e. The quantitative estimate of drug-likeness (QED) is 0.871. The molecular formula is C14H18FN3O. The molecule has 19 heavy (non-hydrogen) atoms. The molecule has 1 aromatic heterocycles. The van der Waals surface area contributed by atoms with Gasteiger partial charge in [-0.15, -0.1) is 0 Å². The lowest BCUT2D eigenvalue weighted by Crippen LogP contribution is -2.02. The Bertz CT molecular complexity index is 546. The number of hydrogen-bond acceptors (Lipinski definition) is 3. The summed E-state index contributed by atoms with van der Waals surface area (Å²) in [6, 6.07) is 4.88. The van der Waals surface area contributed by atoms with Gasteiger partial charge in [-0.3, -0.25) is 5.10 Å². The zero-order valence-electron chi connectivity index (χ0n) is 11.4. The molecule has 5 heteroatoms. The van der Waals surface area contributed by atoms with Gasteiger partial charge in [-0.05, 0) is 32.9 Å². The maximum atomic E-state index is 13.7. The van der Waals surface area contributed by atoms with E-state index in [2.05, 4.69) is 15.5 Å². The first-order chi connectivity index (χ1) is 9.11. The number of aryl methyl sites for hydroxylation is 2. The van der Waals surface area contributed by atoms with Crippen LogP contribution in [0.1, 0.15) is 23.9 Å². The number of nitrogens with zero attached hydrogens (tertiary/aromatic N) is 1. The third-order valence-electron chi connectivity index (χ3n) is 2.98. The van der Waals surface area contributed by atoms with Crippen molar-refractivity contribution in [3.05, 3.63) is 41.0 Å². The molecule has 0 aliphatic carbocycles. The van der Waals surface area contributed by atoms with Crippen molar-refractivity contribution >= 4 is 5.69 Å². The van der Waals surface area contributed by atoms with E-state index in [9.17, 15) is 4.39 Å². The number of anilines is 1. The summed E-state index contributed by atoms with van der Waals surface area (Å²) < 4.78 is 18.8. The van der Waals surface area contributed by atoms with Crippen LogP contribution in [-0.2, 0) is 6.54 Å². The van der Waals surface area contributed by atoms with E-state index in [0.29, 0.717) is 13.2 Å². The van der Waals surface area contributed by atoms with Crippen LogP contribution in [0.2, 0.25) is 0 Å². The number of benzene rings is 1. The molecule has 0 atom stereocenters. The van der Waals surface area contributed by atoms with Gasteiger partial charge in [-0.25, -0.2) is 4.39 Å². The minimum absolute atomic E-state index is 0.281. The van der Waals surface area contributed by atoms with E-state index in [0.717, 1.165) is 22.6 Å². The summed E-state index contributed by atoms with van der Waals surface area (Å²) in [5.41, 5.74) is 3.81. The van der Waals surface area contributed by atoms with E-state index in [4.69, 9.17) is 4.74 Å². The fraction of sp³-hybridized carbons (Fsp3) is 0.357. The summed E-state index contributed by atoms with van der Waals surface area (Å²) in [7, 11) is 0. The van der Waals surface area contributed by atoms with Crippen LogP contribution in [0.5, 0.6) is 5.75 Å². The molecule has 0 spiro atoms. The predicted molar refractivity (Wildman–Crippen MR) is 73.0 cm³/mol. The third-order valence-corrected chi connectivity index (χ3v) is 2.98. The monoisotopic (exact) mass is 263 g/mol. The van der Waals surface area contributed by atoms with Gasteiger partial charge < -0.3 is 10.1 Å². The number of aromatic nitrogens is 2. The van der Waals surface area contributed by atoms with Crippen molar-refractivity contribution in [2.24, 2.45) is 0 Å². The molecule has 0 radical (unpaired) electrons. The van der Waals surface area contributed by atoms with Crippen LogP contribution in [0, 0.1) is 19.7 Å². The molecule has 0 saturated heterocycles. The molecule has 0 amide bonds. The Labute approximate surface area is 112 Å². The van der Waals surface area contributed by atoms with Crippen molar-refractivity contribution in [2.45, 2.75) is 27.3 Å². The summed E-state index contributed by atoms with van der Waals surface area (Å²) in [6.07, 6.45) is 0. The summed E-state index contributed by atoms with van der Waals surface area (Å²) in [5.74, 6) is -0.0730. The third kappa shape index (κ3) is 3.05. The van der Waals surface area contributed by atoms with Crippen molar-refractivity contribution < 1.29 is 9.13 Å². The Hall–Kier alpha value is -2.04. The molecule has 0 bridgehead atoms. The summed E-state index contributed by atoms with van der Waals surface area (Å²) in [4.78, 5) is 0. The Morgan fingerprint density at radius 3 is 2.74 bits per heavy atom. The van der Waals surface area contributed by atoms with E-state index < -0.39 is 0 Å². The van der Waals surface area contributed by atoms with Gasteiger partial charge >= 0.3 is 0 Å². The van der Waals surface area contributed by atoms with Gasteiger partial charge in [0.1, 0.15) is 0 Å². The maximum absolute atomic E-state index is 13.7. The van der Waals surface area contributed by atoms with Gasteiger partial charge in [-0.1, -0.05) is 0 Å². The number of rotatable bonds is 5. The zero-order chi connectivity index (χ0) is 13.8. The van der Waals surface area contributed by atoms with Gasteiger partial charge in [0.25, 0.3) is 0 Å². The first-order valence-electron chi connectivity index (χ1n) is 6.28. The summed E-state index contributed by atoms with van der Waals surface area (Å²) >= 11 is 0. The molecule has 0 aliphatic heterocycles. The van der Waals surface area contributed by atoms with E-state index in [1.165, 1.54) is 6.07 Å². The average molecular weight is 263 g/mol. The van der Waals surface area contributed by atoms with E-state index >= 15 is 0 Å². The second kappa shape index (κ2) is 5.73. The molecule has 0 aliphatic rings. The number of hydrogen-bond donors (Lipinski definition) is 2. The van der Waals surface area contributed by atoms with Crippen molar-refractivity contribution in [3.63, 3.8) is 0 Å². The molecule has 2 rings (SSSR count). The molecule has 1 aromatic carbocycles. The molecule has 0 fully saturated rings. The van der Waals surface area contributed by atoms with E-state index in [1.54, 1.807) is 12.1 Å². The standard InChI is InChI=1S/C14H18FN3O/c1-4-19-14-6-5-11(7-13(14)15)16-8-12-9(2)17-18-10(12)3/h5-7,16H,4,8H2,1-3H3,(H,17,18). The number of H-pyrrole nitrogens is 1. The van der Waals surface area contributed by atoms with Crippen molar-refractivity contribution in [1.82, 2.24) is 10.2 Å². The van der Waals surface area contributed by atoms with Crippen LogP contribution in [0.4, 0.5) is 10.1 Å². The molecule has 0 unspecified atom stereocenters. The lowest BCUT2D eigenvalue weighted by atomic mass is 10.2. The number of ether oxygens (including phenoxy) is 1. The highest BCUT2D eigenvalue weighted by molar-refractivity contribution is 5.48. The Morgan fingerprint density at radius 2 is 2.16 bits per heavy atom. The van der Waals surface area contributed by atoms with Gasteiger partial charge in [0.2, 0.25) is 0 Å². The lowest BCUT2D eigenvalue weighted by Gasteiger charge is -2.09. The van der Waals surface area contributed by atoms with Crippen LogP contribution in [0.25, 0.3) is 0 Å². The minimum atomic E-state index is -0.354. The Kier molecular flexibility index (Phi) is 4.04. The Morgan fingerprint density at radius 1 is 1.37 bits per heavy atom. The summed E-state index contributed by atoms with van der Waals surface area (Å²) in [5, 5.41) is 10.2. The van der Waals surface area contributed by atoms with Crippen LogP contribution in [0.3, 0.4) is 0 Å². The average Bonchev–Trinajstić information content (AvgIpc) is 2.70. The second-order valence-corrected chi connectivity index (χ2v) is 4.34. The van der Waals surface area contributed by atoms with Crippen LogP contribution < -0.4 is 10.1 Å². The predicted octanol–water partition coefficient (Wildman–Crippen LogP) is 3.18. The fourth-order valence-corrected chi connectivity index (χ4v) is 1.91. The molecule has 2 aromatic rings. The fourth-order valence-electron chi connectivity index (χ4n) is 1.91. The first kappa shape index (κ1) is 13.4. The minimum Gasteiger partial charge on any atom is -0.491 e. The number of nitrogens with one attached hydrogen (secondary N) is 2. The molecular weight excluding hydrogens is 245 g/mol. The lowest BCUT2D eigenvalue weighted by molar-refractivity contribution is 0.321. The van der Waals surface area contributed by atoms with Crippen molar-refractivity contribution in [2.75, 3.05) is 11.9 Å². The SMILES string of the molecule is CCOc1ccc(NCc2c(C)n[nH]c2C)cc1F. The highest BCUT2D eigenvalue weighted by Crippen LogP contribution is 2.22. The van der Waals surface area contributed by atoms with Crippen molar-refractivity contribution in [3.8, 4) is 5.75 Å². The smallest absolute Gasteiger partial charge is 0.167 e. The first-order valence-corrected chi connectivity index (χ1v) is 6.28. The van der Waals surface area contributed by atoms with E-state index in [-0.39, 0.29) is 11.6 Å². The van der Waals surface area contributed by atoms with Crippen LogP contribution >= 0.6 is 0 Å². The molecule has 0 saturated carbocycles. The van der Waals surface area contributed by atoms with Crippen molar-refractivity contribution in [1.29, 1.82) is 0 Å². The van der Waals surface area contributed by atoms with Gasteiger partial charge in [0.15, 0.2) is 11.6 Å². The van der Waals surface area contributed by atoms with Crippen LogP contribution in [0.15, 0.2) is 18.2 Å². The topological polar surface area (TPSA) is 49.9 Å². The second-order valence-electron chi connectivity index (χ2n) is 4.34. The van der Waals surface area contributed by atoms with Gasteiger partial charge in [0, 0.05) is 29.6 Å². The zero-order valence-corrected chi connectivity index (χ0v) is 11.4. The Balaban J connectivity index is 2.06. The molecule has 1 heterocycles. The molecule has 2 N–H and O–H groups in total. The van der Waals surface area contributed by atoms with Gasteiger partial charge in [0.05, 0.1) is 12.3 Å². The largest absolute Gasteiger partial charge is 0.491 e. The highest BCUT2D eigenvalue weighted by Gasteiger charge is 2.07.